The summed E-state index contributed by atoms with van der Waals surface area (Å²) in [5, 5.41) is 8.22. The van der Waals surface area contributed by atoms with Crippen molar-refractivity contribution in [1.82, 2.24) is 15.2 Å². The Kier molecular flexibility index (Phi) is 3.23. The maximum atomic E-state index is 6.05. The molecule has 0 radical (unpaired) electrons. The van der Waals surface area contributed by atoms with Crippen molar-refractivity contribution in [3.05, 3.63) is 59.0 Å². The topological polar surface area (TPSA) is 41.6 Å². The Hall–Kier alpha value is -1.84. The molecule has 0 aliphatic heterocycles. The number of H-pyrrole nitrogens is 1. The highest BCUT2D eigenvalue weighted by Gasteiger charge is 2.11. The van der Waals surface area contributed by atoms with Crippen LogP contribution in [-0.4, -0.2) is 15.2 Å². The van der Waals surface area contributed by atoms with Gasteiger partial charge in [0.25, 0.3) is 0 Å². The molecule has 2 aromatic heterocycles. The largest absolute Gasteiger partial charge is 0.284 e. The number of hydrogen-bond acceptors (Lipinski definition) is 2. The number of nitrogens with zero attached hydrogens (tertiary/aromatic N) is 2. The first-order valence-corrected chi connectivity index (χ1v) is 6.41. The number of pyridine rings is 1. The van der Waals surface area contributed by atoms with Gasteiger partial charge in [0, 0.05) is 29.7 Å². The highest BCUT2D eigenvalue weighted by molar-refractivity contribution is 6.42. The minimum atomic E-state index is 0.517. The molecule has 0 spiro atoms. The molecule has 1 aromatic carbocycles. The summed E-state index contributed by atoms with van der Waals surface area (Å²) in [4.78, 5) is 4.01. The number of nitrogens with one attached hydrogen (secondary N) is 1. The van der Waals surface area contributed by atoms with Gasteiger partial charge in [-0.05, 0) is 29.8 Å². The Morgan fingerprint density at radius 1 is 0.895 bits per heavy atom. The lowest BCUT2D eigenvalue weighted by atomic mass is 10.0. The minimum Gasteiger partial charge on any atom is -0.284 e. The van der Waals surface area contributed by atoms with Crippen LogP contribution >= 0.6 is 23.2 Å². The van der Waals surface area contributed by atoms with Gasteiger partial charge in [0.1, 0.15) is 0 Å². The molecule has 0 aliphatic carbocycles. The van der Waals surface area contributed by atoms with Gasteiger partial charge >= 0.3 is 0 Å². The second-order valence-electron chi connectivity index (χ2n) is 4.01. The van der Waals surface area contributed by atoms with E-state index in [-0.39, 0.29) is 0 Å². The van der Waals surface area contributed by atoms with Gasteiger partial charge in [0.05, 0.1) is 15.7 Å². The van der Waals surface area contributed by atoms with E-state index < -0.39 is 0 Å². The van der Waals surface area contributed by atoms with Crippen LogP contribution in [0.15, 0.2) is 48.9 Å². The summed E-state index contributed by atoms with van der Waals surface area (Å²) in [5.41, 5.74) is 3.80. The summed E-state index contributed by atoms with van der Waals surface area (Å²) in [5.74, 6) is 0. The van der Waals surface area contributed by atoms with Gasteiger partial charge in [0.2, 0.25) is 0 Å². The highest BCUT2D eigenvalue weighted by atomic mass is 35.5. The number of aromatic amines is 1. The summed E-state index contributed by atoms with van der Waals surface area (Å²) < 4.78 is 0. The van der Waals surface area contributed by atoms with Crippen LogP contribution in [-0.2, 0) is 0 Å². The normalized spacial score (nSPS) is 10.6. The van der Waals surface area contributed by atoms with Gasteiger partial charge in [-0.15, -0.1) is 0 Å². The van der Waals surface area contributed by atoms with Crippen molar-refractivity contribution in [3.63, 3.8) is 0 Å². The van der Waals surface area contributed by atoms with E-state index >= 15 is 0 Å². The van der Waals surface area contributed by atoms with E-state index in [9.17, 15) is 0 Å². The molecule has 1 N–H and O–H groups in total. The van der Waals surface area contributed by atoms with Crippen molar-refractivity contribution < 1.29 is 0 Å². The molecular weight excluding hydrogens is 281 g/mol. The molecule has 0 amide bonds. The maximum absolute atomic E-state index is 6.05. The quantitative estimate of drug-likeness (QED) is 0.757. The van der Waals surface area contributed by atoms with Crippen molar-refractivity contribution in [2.24, 2.45) is 0 Å². The van der Waals surface area contributed by atoms with Crippen LogP contribution in [0.2, 0.25) is 10.0 Å². The summed E-state index contributed by atoms with van der Waals surface area (Å²) in [6, 6.07) is 9.35. The van der Waals surface area contributed by atoms with Crippen molar-refractivity contribution in [1.29, 1.82) is 0 Å². The van der Waals surface area contributed by atoms with Crippen LogP contribution in [0.5, 0.6) is 0 Å². The van der Waals surface area contributed by atoms with Crippen LogP contribution in [0, 0.1) is 0 Å². The van der Waals surface area contributed by atoms with E-state index in [0.717, 1.165) is 22.4 Å². The van der Waals surface area contributed by atoms with Crippen molar-refractivity contribution in [2.45, 2.75) is 0 Å². The smallest absolute Gasteiger partial charge is 0.0999 e. The van der Waals surface area contributed by atoms with Crippen LogP contribution in [0.4, 0.5) is 0 Å². The van der Waals surface area contributed by atoms with Crippen molar-refractivity contribution >= 4 is 23.2 Å². The molecule has 5 heteroatoms. The molecule has 3 rings (SSSR count). The zero-order valence-corrected chi connectivity index (χ0v) is 11.3. The Morgan fingerprint density at radius 3 is 2.42 bits per heavy atom. The van der Waals surface area contributed by atoms with Gasteiger partial charge in [-0.1, -0.05) is 29.3 Å². The zero-order chi connectivity index (χ0) is 13.2. The zero-order valence-electron chi connectivity index (χ0n) is 9.77. The van der Waals surface area contributed by atoms with Gasteiger partial charge < -0.3 is 0 Å². The first-order valence-electron chi connectivity index (χ1n) is 5.65. The number of hydrogen-bond donors (Lipinski definition) is 1. The third-order valence-corrected chi connectivity index (χ3v) is 3.56. The Morgan fingerprint density at radius 2 is 1.68 bits per heavy atom. The molecule has 0 saturated carbocycles. The van der Waals surface area contributed by atoms with Crippen molar-refractivity contribution in [2.75, 3.05) is 0 Å². The van der Waals surface area contributed by atoms with E-state index in [4.69, 9.17) is 23.2 Å². The van der Waals surface area contributed by atoms with E-state index in [1.165, 1.54) is 0 Å². The first-order chi connectivity index (χ1) is 9.25. The molecule has 2 heterocycles. The van der Waals surface area contributed by atoms with E-state index in [1.54, 1.807) is 18.5 Å². The van der Waals surface area contributed by atoms with Gasteiger partial charge in [0.15, 0.2) is 0 Å². The summed E-state index contributed by atoms with van der Waals surface area (Å²) in [6.07, 6.45) is 5.36. The Balaban J connectivity index is 2.12. The van der Waals surface area contributed by atoms with E-state index in [0.29, 0.717) is 10.0 Å². The standard InChI is InChI=1S/C14H9Cl2N3/c15-12-2-1-10(7-13(12)16)14-11(8-18-19-14)9-3-5-17-6-4-9/h1-8H,(H,18,19). The molecule has 0 unspecified atom stereocenters. The molecule has 0 bridgehead atoms. The predicted molar refractivity (Wildman–Crippen MR) is 77.3 cm³/mol. The third-order valence-electron chi connectivity index (χ3n) is 2.82. The van der Waals surface area contributed by atoms with Crippen LogP contribution in [0.1, 0.15) is 0 Å². The third kappa shape index (κ3) is 2.35. The number of aromatic nitrogens is 3. The lowest BCUT2D eigenvalue weighted by Gasteiger charge is -2.04. The molecule has 0 aliphatic rings. The lowest BCUT2D eigenvalue weighted by Crippen LogP contribution is -1.83. The molecule has 0 fully saturated rings. The summed E-state index contributed by atoms with van der Waals surface area (Å²) in [6.45, 7) is 0. The Labute approximate surface area is 120 Å². The molecule has 94 valence electrons. The van der Waals surface area contributed by atoms with Gasteiger partial charge in [-0.2, -0.15) is 5.10 Å². The summed E-state index contributed by atoms with van der Waals surface area (Å²) in [7, 11) is 0. The average molecular weight is 290 g/mol. The number of rotatable bonds is 2. The lowest BCUT2D eigenvalue weighted by molar-refractivity contribution is 1.10. The average Bonchev–Trinajstić information content (AvgIpc) is 2.92. The SMILES string of the molecule is Clc1ccc(-c2n[nH]cc2-c2ccncc2)cc1Cl. The number of halogens is 2. The van der Waals surface area contributed by atoms with E-state index in [2.05, 4.69) is 15.2 Å². The fraction of sp³-hybridized carbons (Fsp3) is 0. The molecular formula is C14H9Cl2N3. The van der Waals surface area contributed by atoms with Crippen LogP contribution in [0.3, 0.4) is 0 Å². The summed E-state index contributed by atoms with van der Waals surface area (Å²) >= 11 is 12.0. The minimum absolute atomic E-state index is 0.517. The van der Waals surface area contributed by atoms with Crippen molar-refractivity contribution in [3.8, 4) is 22.4 Å². The highest BCUT2D eigenvalue weighted by Crippen LogP contribution is 2.33. The maximum Gasteiger partial charge on any atom is 0.0999 e. The molecule has 0 atom stereocenters. The predicted octanol–water partition coefficient (Wildman–Crippen LogP) is 4.45. The first kappa shape index (κ1) is 12.2. The Bertz CT molecular complexity index is 708. The number of benzene rings is 1. The molecule has 19 heavy (non-hydrogen) atoms. The van der Waals surface area contributed by atoms with Gasteiger partial charge in [-0.25, -0.2) is 0 Å². The van der Waals surface area contributed by atoms with Crippen LogP contribution in [0.25, 0.3) is 22.4 Å². The molecule has 0 saturated heterocycles. The second kappa shape index (κ2) is 5.03. The fourth-order valence-electron chi connectivity index (χ4n) is 1.90. The fourth-order valence-corrected chi connectivity index (χ4v) is 2.20. The second-order valence-corrected chi connectivity index (χ2v) is 4.83. The monoisotopic (exact) mass is 289 g/mol. The molecule has 3 aromatic rings. The van der Waals surface area contributed by atoms with Gasteiger partial charge in [-0.3, -0.25) is 10.1 Å². The molecule has 3 nitrogen and oxygen atoms in total. The van der Waals surface area contributed by atoms with Crippen LogP contribution < -0.4 is 0 Å². The van der Waals surface area contributed by atoms with E-state index in [1.807, 2.05) is 30.5 Å².